The molecule has 1 saturated carbocycles. The van der Waals surface area contributed by atoms with Gasteiger partial charge in [0.25, 0.3) is 0 Å². The molecule has 3 aromatic rings. The van der Waals surface area contributed by atoms with Crippen LogP contribution >= 0.6 is 0 Å². The van der Waals surface area contributed by atoms with Gasteiger partial charge in [0.1, 0.15) is 18.1 Å². The Morgan fingerprint density at radius 2 is 1.73 bits per heavy atom. The van der Waals surface area contributed by atoms with Crippen LogP contribution in [0.25, 0.3) is 11.3 Å². The average Bonchev–Trinajstić information content (AvgIpc) is 2.96. The number of nitrogens with one attached hydrogen (secondary N) is 1. The summed E-state index contributed by atoms with van der Waals surface area (Å²) in [5, 5.41) is 2.99. The van der Waals surface area contributed by atoms with Crippen LogP contribution < -0.4 is 15.0 Å². The van der Waals surface area contributed by atoms with Crippen LogP contribution in [0, 0.1) is 23.4 Å². The van der Waals surface area contributed by atoms with Crippen molar-refractivity contribution in [2.45, 2.75) is 50.9 Å². The summed E-state index contributed by atoms with van der Waals surface area (Å²) in [5.74, 6) is -0.417. The minimum atomic E-state index is -0.663. The highest BCUT2D eigenvalue weighted by atomic mass is 19.1. The molecule has 3 heterocycles. The quantitative estimate of drug-likeness (QED) is 0.360. The van der Waals surface area contributed by atoms with E-state index >= 15 is 8.78 Å². The fraction of sp³-hybridized carbons (Fsp3) is 0.484. The lowest BCUT2D eigenvalue weighted by molar-refractivity contribution is 0.253. The highest BCUT2D eigenvalue weighted by molar-refractivity contribution is 5.73. The summed E-state index contributed by atoms with van der Waals surface area (Å²) in [7, 11) is 2.08. The van der Waals surface area contributed by atoms with Crippen LogP contribution in [0.5, 0.6) is 5.75 Å². The minimum absolute atomic E-state index is 0.0224. The molecule has 0 spiro atoms. The first-order valence-electron chi connectivity index (χ1n) is 14.4. The molecule has 6 rings (SSSR count). The standard InChI is InChI=1S/C31H36F3N5O/c1-38-11-9-21(10-12-38)24-8-7-23(17-25(24)32)36-31-35-18-27(34)29(37-31)22-15-26(33)30-28(16-22)39(13-14-40-30)19-20-5-3-2-4-6-20/h7-8,15-18,20-21H,2-6,9-14,19H2,1H3,(H,35,36,37). The van der Waals surface area contributed by atoms with Gasteiger partial charge in [0.05, 0.1) is 18.4 Å². The Morgan fingerprint density at radius 1 is 0.925 bits per heavy atom. The number of nitrogens with zero attached hydrogens (tertiary/aromatic N) is 4. The molecule has 1 aromatic heterocycles. The van der Waals surface area contributed by atoms with Crippen LogP contribution in [-0.4, -0.2) is 54.7 Å². The zero-order valence-electron chi connectivity index (χ0n) is 22.9. The van der Waals surface area contributed by atoms with E-state index in [1.807, 2.05) is 0 Å². The predicted molar refractivity (Wildman–Crippen MR) is 151 cm³/mol. The molecule has 6 nitrogen and oxygen atoms in total. The Morgan fingerprint density at radius 3 is 2.50 bits per heavy atom. The van der Waals surface area contributed by atoms with Crippen molar-refractivity contribution < 1.29 is 17.9 Å². The minimum Gasteiger partial charge on any atom is -0.486 e. The van der Waals surface area contributed by atoms with Gasteiger partial charge in [-0.3, -0.25) is 0 Å². The number of rotatable bonds is 6. The molecule has 2 aliphatic heterocycles. The van der Waals surface area contributed by atoms with E-state index < -0.39 is 11.6 Å². The molecule has 0 radical (unpaired) electrons. The van der Waals surface area contributed by atoms with Crippen molar-refractivity contribution in [2.75, 3.05) is 50.1 Å². The van der Waals surface area contributed by atoms with Gasteiger partial charge in [-0.2, -0.15) is 0 Å². The number of hydrogen-bond acceptors (Lipinski definition) is 6. The lowest BCUT2D eigenvalue weighted by atomic mass is 9.88. The second-order valence-corrected chi connectivity index (χ2v) is 11.4. The molecule has 9 heteroatoms. The fourth-order valence-corrected chi connectivity index (χ4v) is 6.36. The van der Waals surface area contributed by atoms with Crippen LogP contribution in [0.15, 0.2) is 36.5 Å². The molecule has 0 bridgehead atoms. The molecule has 0 atom stereocenters. The van der Waals surface area contributed by atoms with Gasteiger partial charge in [-0.15, -0.1) is 0 Å². The van der Waals surface area contributed by atoms with Crippen molar-refractivity contribution in [3.63, 3.8) is 0 Å². The number of anilines is 3. The predicted octanol–water partition coefficient (Wildman–Crippen LogP) is 6.89. The molecular formula is C31H36F3N5O. The molecule has 1 saturated heterocycles. The lowest BCUT2D eigenvalue weighted by Gasteiger charge is -2.35. The van der Waals surface area contributed by atoms with Gasteiger partial charge >= 0.3 is 0 Å². The van der Waals surface area contributed by atoms with Crippen LogP contribution in [0.4, 0.5) is 30.5 Å². The second kappa shape index (κ2) is 11.6. The number of hydrogen-bond donors (Lipinski definition) is 1. The van der Waals surface area contributed by atoms with Gasteiger partial charge in [0.15, 0.2) is 17.4 Å². The summed E-state index contributed by atoms with van der Waals surface area (Å²) in [6.45, 7) is 3.80. The Balaban J connectivity index is 1.24. The normalized spacial score (nSPS) is 18.9. The zero-order chi connectivity index (χ0) is 27.6. The number of aromatic nitrogens is 2. The molecule has 3 aliphatic rings. The number of ether oxygens (including phenoxy) is 1. The molecule has 0 amide bonds. The fourth-order valence-electron chi connectivity index (χ4n) is 6.36. The van der Waals surface area contributed by atoms with Crippen molar-refractivity contribution in [3.05, 3.63) is 59.5 Å². The van der Waals surface area contributed by atoms with Crippen molar-refractivity contribution in [1.29, 1.82) is 0 Å². The van der Waals surface area contributed by atoms with Gasteiger partial charge in [-0.25, -0.2) is 23.1 Å². The maximum Gasteiger partial charge on any atom is 0.227 e. The largest absolute Gasteiger partial charge is 0.486 e. The number of benzene rings is 2. The van der Waals surface area contributed by atoms with E-state index in [1.165, 1.54) is 44.2 Å². The summed E-state index contributed by atoms with van der Waals surface area (Å²) in [4.78, 5) is 12.8. The van der Waals surface area contributed by atoms with Crippen molar-refractivity contribution in [2.24, 2.45) is 5.92 Å². The maximum absolute atomic E-state index is 15.2. The van der Waals surface area contributed by atoms with Gasteiger partial charge in [-0.05, 0) is 87.5 Å². The second-order valence-electron chi connectivity index (χ2n) is 11.4. The summed E-state index contributed by atoms with van der Waals surface area (Å²) < 4.78 is 50.9. The molecule has 1 aliphatic carbocycles. The Kier molecular flexibility index (Phi) is 7.82. The van der Waals surface area contributed by atoms with E-state index in [2.05, 4.69) is 32.1 Å². The zero-order valence-corrected chi connectivity index (χ0v) is 22.9. The summed E-state index contributed by atoms with van der Waals surface area (Å²) in [6, 6.07) is 8.04. The van der Waals surface area contributed by atoms with E-state index in [1.54, 1.807) is 18.2 Å². The SMILES string of the molecule is CN1CCC(c2ccc(Nc3ncc(F)c(-c4cc(F)c5c(c4)N(CC4CCCCC4)CCO5)n3)cc2F)CC1. The van der Waals surface area contributed by atoms with Gasteiger partial charge < -0.3 is 19.9 Å². The smallest absolute Gasteiger partial charge is 0.227 e. The summed E-state index contributed by atoms with van der Waals surface area (Å²) in [5.41, 5.74) is 2.10. The number of fused-ring (bicyclic) bond motifs is 1. The van der Waals surface area contributed by atoms with E-state index in [0.29, 0.717) is 41.6 Å². The molecule has 212 valence electrons. The molecule has 2 fully saturated rings. The topological polar surface area (TPSA) is 53.5 Å². The van der Waals surface area contributed by atoms with Gasteiger partial charge in [-0.1, -0.05) is 25.3 Å². The first-order chi connectivity index (χ1) is 19.4. The molecule has 0 unspecified atom stereocenters. The number of piperidine rings is 1. The Labute approximate surface area is 233 Å². The monoisotopic (exact) mass is 551 g/mol. The molecule has 2 aromatic carbocycles. The molecular weight excluding hydrogens is 515 g/mol. The first kappa shape index (κ1) is 26.9. The Bertz CT molecular complexity index is 1360. The van der Waals surface area contributed by atoms with E-state index in [9.17, 15) is 4.39 Å². The van der Waals surface area contributed by atoms with Crippen molar-refractivity contribution in [3.8, 4) is 17.0 Å². The number of halogens is 3. The third kappa shape index (κ3) is 5.75. The van der Waals surface area contributed by atoms with Gasteiger partial charge in [0.2, 0.25) is 5.95 Å². The lowest BCUT2D eigenvalue weighted by Crippen LogP contribution is -2.37. The summed E-state index contributed by atoms with van der Waals surface area (Å²) >= 11 is 0. The van der Waals surface area contributed by atoms with Crippen LogP contribution in [-0.2, 0) is 0 Å². The van der Waals surface area contributed by atoms with Crippen molar-refractivity contribution in [1.82, 2.24) is 14.9 Å². The highest BCUT2D eigenvalue weighted by Gasteiger charge is 2.27. The molecule has 40 heavy (non-hydrogen) atoms. The van der Waals surface area contributed by atoms with Crippen LogP contribution in [0.2, 0.25) is 0 Å². The highest BCUT2D eigenvalue weighted by Crippen LogP contribution is 2.40. The third-order valence-electron chi connectivity index (χ3n) is 8.61. The third-order valence-corrected chi connectivity index (χ3v) is 8.61. The first-order valence-corrected chi connectivity index (χ1v) is 14.4. The number of likely N-dealkylation sites (tertiary alicyclic amines) is 1. The Hall–Kier alpha value is -3.33. The van der Waals surface area contributed by atoms with E-state index in [-0.39, 0.29) is 29.1 Å². The van der Waals surface area contributed by atoms with Gasteiger partial charge in [0, 0.05) is 17.8 Å². The van der Waals surface area contributed by atoms with E-state index in [4.69, 9.17) is 4.74 Å². The molecule has 1 N–H and O–H groups in total. The average molecular weight is 552 g/mol. The maximum atomic E-state index is 15.2. The summed E-state index contributed by atoms with van der Waals surface area (Å²) in [6.07, 6.45) is 8.96. The van der Waals surface area contributed by atoms with E-state index in [0.717, 1.165) is 38.7 Å². The van der Waals surface area contributed by atoms with Crippen LogP contribution in [0.3, 0.4) is 0 Å². The van der Waals surface area contributed by atoms with Crippen molar-refractivity contribution >= 4 is 17.3 Å². The van der Waals surface area contributed by atoms with Crippen LogP contribution in [0.1, 0.15) is 56.4 Å².